The molecule has 2 N–H and O–H groups in total. The zero-order chi connectivity index (χ0) is 12.3. The summed E-state index contributed by atoms with van der Waals surface area (Å²) < 4.78 is 26.8. The Kier molecular flexibility index (Phi) is 4.06. The van der Waals surface area contributed by atoms with Crippen molar-refractivity contribution in [1.82, 2.24) is 14.1 Å². The summed E-state index contributed by atoms with van der Waals surface area (Å²) in [5.41, 5.74) is 5.47. The van der Waals surface area contributed by atoms with Crippen molar-refractivity contribution in [2.24, 2.45) is 18.7 Å². The molecule has 1 aromatic rings. The first-order chi connectivity index (χ1) is 7.39. The highest BCUT2D eigenvalue weighted by molar-refractivity contribution is 7.89. The van der Waals surface area contributed by atoms with Gasteiger partial charge >= 0.3 is 0 Å². The fourth-order valence-corrected chi connectivity index (χ4v) is 2.77. The van der Waals surface area contributed by atoms with Crippen LogP contribution in [-0.4, -0.2) is 42.6 Å². The van der Waals surface area contributed by atoms with Gasteiger partial charge in [-0.15, -0.1) is 0 Å². The van der Waals surface area contributed by atoms with E-state index in [-0.39, 0.29) is 10.9 Å². The topological polar surface area (TPSA) is 81.2 Å². The third-order valence-electron chi connectivity index (χ3n) is 2.42. The molecule has 0 radical (unpaired) electrons. The predicted molar refractivity (Wildman–Crippen MR) is 61.2 cm³/mol. The fraction of sp³-hybridized carbons (Fsp3) is 0.667. The molecule has 1 rings (SSSR count). The van der Waals surface area contributed by atoms with E-state index >= 15 is 0 Å². The van der Waals surface area contributed by atoms with Crippen LogP contribution in [0.3, 0.4) is 0 Å². The summed E-state index contributed by atoms with van der Waals surface area (Å²) in [5.74, 6) is 0.132. The van der Waals surface area contributed by atoms with Crippen LogP contribution in [0.4, 0.5) is 0 Å². The lowest BCUT2D eigenvalue weighted by molar-refractivity contribution is 0.400. The first-order valence-corrected chi connectivity index (χ1v) is 6.48. The maximum Gasteiger partial charge on any atom is 0.259 e. The predicted octanol–water partition coefficient (Wildman–Crippen LogP) is -0.365. The molecule has 7 heteroatoms. The Bertz CT molecular complexity index is 440. The Labute approximate surface area is 96.1 Å². The van der Waals surface area contributed by atoms with Gasteiger partial charge in [-0.2, -0.15) is 9.40 Å². The average Bonchev–Trinajstić information content (AvgIpc) is 2.64. The van der Waals surface area contributed by atoms with Gasteiger partial charge in [-0.3, -0.25) is 4.68 Å². The molecule has 0 bridgehead atoms. The minimum Gasteiger partial charge on any atom is -0.330 e. The van der Waals surface area contributed by atoms with Gasteiger partial charge in [0, 0.05) is 20.6 Å². The van der Waals surface area contributed by atoms with Crippen LogP contribution in [0.2, 0.25) is 0 Å². The van der Waals surface area contributed by atoms with Gasteiger partial charge in [-0.25, -0.2) is 8.42 Å². The summed E-state index contributed by atoms with van der Waals surface area (Å²) in [7, 11) is -0.299. The fourth-order valence-electron chi connectivity index (χ4n) is 1.39. The number of sulfonamides is 1. The van der Waals surface area contributed by atoms with E-state index in [4.69, 9.17) is 5.73 Å². The SMILES string of the molecule is CC(CN)CN(C)S(=O)(=O)c1ccnn1C. The lowest BCUT2D eigenvalue weighted by Gasteiger charge is -2.20. The van der Waals surface area contributed by atoms with E-state index in [1.54, 1.807) is 14.1 Å². The van der Waals surface area contributed by atoms with Crippen LogP contribution < -0.4 is 5.73 Å². The van der Waals surface area contributed by atoms with Crippen molar-refractivity contribution >= 4 is 10.0 Å². The molecular formula is C9H18N4O2S. The molecular weight excluding hydrogens is 228 g/mol. The van der Waals surface area contributed by atoms with Crippen molar-refractivity contribution in [1.29, 1.82) is 0 Å². The minimum absolute atomic E-state index is 0.132. The molecule has 0 saturated carbocycles. The number of nitrogens with zero attached hydrogens (tertiary/aromatic N) is 3. The van der Waals surface area contributed by atoms with Crippen molar-refractivity contribution in [2.45, 2.75) is 11.9 Å². The summed E-state index contributed by atoms with van der Waals surface area (Å²) in [4.78, 5) is 0. The van der Waals surface area contributed by atoms with Crippen molar-refractivity contribution in [3.8, 4) is 0 Å². The van der Waals surface area contributed by atoms with Crippen molar-refractivity contribution in [3.05, 3.63) is 12.3 Å². The highest BCUT2D eigenvalue weighted by Gasteiger charge is 2.24. The van der Waals surface area contributed by atoms with Crippen LogP contribution in [-0.2, 0) is 17.1 Å². The third kappa shape index (κ3) is 2.60. The van der Waals surface area contributed by atoms with Crippen LogP contribution >= 0.6 is 0 Å². The lowest BCUT2D eigenvalue weighted by atomic mass is 10.2. The highest BCUT2D eigenvalue weighted by atomic mass is 32.2. The van der Waals surface area contributed by atoms with Gasteiger partial charge < -0.3 is 5.73 Å². The summed E-state index contributed by atoms with van der Waals surface area (Å²) in [6.07, 6.45) is 1.47. The van der Waals surface area contributed by atoms with Crippen LogP contribution in [0, 0.1) is 5.92 Å². The molecule has 6 nitrogen and oxygen atoms in total. The zero-order valence-electron chi connectivity index (χ0n) is 9.79. The second-order valence-electron chi connectivity index (χ2n) is 3.92. The molecule has 1 unspecified atom stereocenters. The summed E-state index contributed by atoms with van der Waals surface area (Å²) in [5, 5.41) is 4.04. The Morgan fingerprint density at radius 2 is 2.25 bits per heavy atom. The Balaban J connectivity index is 2.91. The van der Waals surface area contributed by atoms with Crippen LogP contribution in [0.15, 0.2) is 17.3 Å². The molecule has 0 aliphatic rings. The maximum atomic E-state index is 12.1. The van der Waals surface area contributed by atoms with Crippen LogP contribution in [0.5, 0.6) is 0 Å². The number of hydrogen-bond acceptors (Lipinski definition) is 4. The number of hydrogen-bond donors (Lipinski definition) is 1. The number of aryl methyl sites for hydroxylation is 1. The molecule has 16 heavy (non-hydrogen) atoms. The molecule has 0 amide bonds. The molecule has 0 fully saturated rings. The van der Waals surface area contributed by atoms with E-state index in [1.807, 2.05) is 6.92 Å². The standard InChI is InChI=1S/C9H18N4O2S/c1-8(6-10)7-12(2)16(14,15)9-4-5-11-13(9)3/h4-5,8H,6-7,10H2,1-3H3. The van der Waals surface area contributed by atoms with Gasteiger partial charge in [0.1, 0.15) is 0 Å². The van der Waals surface area contributed by atoms with E-state index in [2.05, 4.69) is 5.10 Å². The number of nitrogens with two attached hydrogens (primary N) is 1. The van der Waals surface area contributed by atoms with Crippen LogP contribution in [0.25, 0.3) is 0 Å². The van der Waals surface area contributed by atoms with Gasteiger partial charge in [-0.1, -0.05) is 6.92 Å². The van der Waals surface area contributed by atoms with Crippen molar-refractivity contribution in [2.75, 3.05) is 20.1 Å². The highest BCUT2D eigenvalue weighted by Crippen LogP contribution is 2.13. The normalized spacial score (nSPS) is 14.3. The van der Waals surface area contributed by atoms with Crippen LogP contribution in [0.1, 0.15) is 6.92 Å². The molecule has 1 heterocycles. The summed E-state index contributed by atoms with van der Waals surface area (Å²) in [6.45, 7) is 2.78. The van der Waals surface area contributed by atoms with Gasteiger partial charge in [0.2, 0.25) is 0 Å². The first kappa shape index (κ1) is 13.1. The van der Waals surface area contributed by atoms with E-state index in [0.29, 0.717) is 13.1 Å². The van der Waals surface area contributed by atoms with Gasteiger partial charge in [0.15, 0.2) is 5.03 Å². The summed E-state index contributed by atoms with van der Waals surface area (Å²) in [6, 6.07) is 1.49. The molecule has 0 aliphatic heterocycles. The largest absolute Gasteiger partial charge is 0.330 e. The Morgan fingerprint density at radius 1 is 1.62 bits per heavy atom. The molecule has 0 aromatic carbocycles. The monoisotopic (exact) mass is 246 g/mol. The molecule has 0 spiro atoms. The second-order valence-corrected chi connectivity index (χ2v) is 5.91. The lowest BCUT2D eigenvalue weighted by Crippen LogP contribution is -2.34. The molecule has 1 aromatic heterocycles. The zero-order valence-corrected chi connectivity index (χ0v) is 10.6. The number of rotatable bonds is 5. The van der Waals surface area contributed by atoms with E-state index < -0.39 is 10.0 Å². The van der Waals surface area contributed by atoms with Gasteiger partial charge in [0.25, 0.3) is 10.0 Å². The van der Waals surface area contributed by atoms with Crippen molar-refractivity contribution < 1.29 is 8.42 Å². The van der Waals surface area contributed by atoms with E-state index in [9.17, 15) is 8.42 Å². The maximum absolute atomic E-state index is 12.1. The second kappa shape index (κ2) is 4.94. The Hall–Kier alpha value is -0.920. The van der Waals surface area contributed by atoms with Gasteiger partial charge in [-0.05, 0) is 18.5 Å². The van der Waals surface area contributed by atoms with E-state index in [0.717, 1.165) is 0 Å². The van der Waals surface area contributed by atoms with Gasteiger partial charge in [0.05, 0.1) is 6.20 Å². The van der Waals surface area contributed by atoms with Crippen molar-refractivity contribution in [3.63, 3.8) is 0 Å². The molecule has 0 saturated heterocycles. The molecule has 0 aliphatic carbocycles. The quantitative estimate of drug-likeness (QED) is 0.769. The molecule has 1 atom stereocenters. The number of aromatic nitrogens is 2. The summed E-state index contributed by atoms with van der Waals surface area (Å²) >= 11 is 0. The Morgan fingerprint density at radius 3 is 2.69 bits per heavy atom. The molecule has 92 valence electrons. The minimum atomic E-state index is -3.45. The van der Waals surface area contributed by atoms with E-state index in [1.165, 1.54) is 21.3 Å². The smallest absolute Gasteiger partial charge is 0.259 e. The first-order valence-electron chi connectivity index (χ1n) is 5.04. The third-order valence-corrected chi connectivity index (χ3v) is 4.32. The average molecular weight is 246 g/mol.